The van der Waals surface area contributed by atoms with Crippen LogP contribution in [-0.4, -0.2) is 32.7 Å². The fraction of sp³-hybridized carbons (Fsp3) is 0.286. The number of amides is 2. The SMILES string of the molecule is C[C@H](C[S@@](C)=O)NC(=O)Nc1cc(-c2ccccc2)ns1. The van der Waals surface area contributed by atoms with E-state index in [0.717, 1.165) is 11.3 Å². The van der Waals surface area contributed by atoms with Gasteiger partial charge in [0.05, 0.1) is 5.69 Å². The summed E-state index contributed by atoms with van der Waals surface area (Å²) in [6.45, 7) is 1.82. The summed E-state index contributed by atoms with van der Waals surface area (Å²) in [4.78, 5) is 11.8. The zero-order valence-electron chi connectivity index (χ0n) is 11.8. The summed E-state index contributed by atoms with van der Waals surface area (Å²) in [5.41, 5.74) is 1.84. The second kappa shape index (κ2) is 7.33. The van der Waals surface area contributed by atoms with Crippen LogP contribution >= 0.6 is 11.5 Å². The van der Waals surface area contributed by atoms with E-state index in [9.17, 15) is 9.00 Å². The first-order chi connectivity index (χ1) is 10.0. The average molecular weight is 323 g/mol. The van der Waals surface area contributed by atoms with Gasteiger partial charge in [0.15, 0.2) is 0 Å². The standard InChI is InChI=1S/C14H17N3O2S2/c1-10(9-21(2)19)15-14(18)16-13-8-12(17-20-13)11-6-4-3-5-7-11/h3-8,10H,9H2,1-2H3,(H2,15,16,18)/t10-,21-/m1/s1. The molecular weight excluding hydrogens is 306 g/mol. The van der Waals surface area contributed by atoms with Crippen LogP contribution in [0.15, 0.2) is 36.4 Å². The molecule has 1 aromatic heterocycles. The third-order valence-corrected chi connectivity index (χ3v) is 4.35. The lowest BCUT2D eigenvalue weighted by molar-refractivity contribution is 0.250. The van der Waals surface area contributed by atoms with Crippen molar-refractivity contribution in [3.05, 3.63) is 36.4 Å². The molecule has 21 heavy (non-hydrogen) atoms. The summed E-state index contributed by atoms with van der Waals surface area (Å²) in [6, 6.07) is 11.2. The molecule has 0 spiro atoms. The third-order valence-electron chi connectivity index (χ3n) is 2.68. The van der Waals surface area contributed by atoms with Crippen molar-refractivity contribution in [2.24, 2.45) is 0 Å². The van der Waals surface area contributed by atoms with Crippen LogP contribution in [0.5, 0.6) is 0 Å². The molecule has 2 atom stereocenters. The van der Waals surface area contributed by atoms with E-state index in [-0.39, 0.29) is 12.1 Å². The van der Waals surface area contributed by atoms with Crippen molar-refractivity contribution >= 4 is 33.4 Å². The first-order valence-corrected chi connectivity index (χ1v) is 8.94. The maximum Gasteiger partial charge on any atom is 0.320 e. The molecule has 2 aromatic rings. The molecule has 0 bridgehead atoms. The van der Waals surface area contributed by atoms with Gasteiger partial charge in [-0.2, -0.15) is 4.37 Å². The van der Waals surface area contributed by atoms with Crippen LogP contribution in [0.1, 0.15) is 6.92 Å². The molecule has 1 aromatic carbocycles. The van der Waals surface area contributed by atoms with Crippen molar-refractivity contribution in [2.75, 3.05) is 17.3 Å². The molecule has 0 saturated carbocycles. The van der Waals surface area contributed by atoms with Crippen LogP contribution < -0.4 is 10.6 Å². The molecule has 2 N–H and O–H groups in total. The zero-order valence-corrected chi connectivity index (χ0v) is 13.5. The van der Waals surface area contributed by atoms with Crippen LogP contribution in [0.25, 0.3) is 11.3 Å². The number of anilines is 1. The van der Waals surface area contributed by atoms with Crippen molar-refractivity contribution < 1.29 is 9.00 Å². The Labute approximate surface area is 130 Å². The van der Waals surface area contributed by atoms with Gasteiger partial charge in [-0.3, -0.25) is 9.53 Å². The fourth-order valence-corrected chi connectivity index (χ4v) is 3.29. The van der Waals surface area contributed by atoms with Gasteiger partial charge in [0.1, 0.15) is 5.00 Å². The van der Waals surface area contributed by atoms with Gasteiger partial charge in [0, 0.05) is 40.5 Å². The summed E-state index contributed by atoms with van der Waals surface area (Å²) in [5, 5.41) is 6.16. The monoisotopic (exact) mass is 323 g/mol. The van der Waals surface area contributed by atoms with Gasteiger partial charge in [-0.1, -0.05) is 30.3 Å². The minimum Gasteiger partial charge on any atom is -0.334 e. The van der Waals surface area contributed by atoms with E-state index in [1.54, 1.807) is 6.26 Å². The van der Waals surface area contributed by atoms with Crippen molar-refractivity contribution in [3.8, 4) is 11.3 Å². The predicted molar refractivity (Wildman–Crippen MR) is 88.1 cm³/mol. The van der Waals surface area contributed by atoms with E-state index in [1.165, 1.54) is 11.5 Å². The Balaban J connectivity index is 1.93. The largest absolute Gasteiger partial charge is 0.334 e. The predicted octanol–water partition coefficient (Wildman–Crippen LogP) is 2.70. The molecule has 112 valence electrons. The van der Waals surface area contributed by atoms with E-state index < -0.39 is 10.8 Å². The molecule has 2 amide bonds. The molecule has 0 saturated heterocycles. The van der Waals surface area contributed by atoms with Gasteiger partial charge in [0.25, 0.3) is 0 Å². The molecule has 0 unspecified atom stereocenters. The lowest BCUT2D eigenvalue weighted by Crippen LogP contribution is -2.38. The van der Waals surface area contributed by atoms with Crippen LogP contribution in [-0.2, 0) is 10.8 Å². The molecular formula is C14H17N3O2S2. The number of carbonyl (C=O) groups is 1. The maximum atomic E-state index is 11.8. The van der Waals surface area contributed by atoms with Gasteiger partial charge < -0.3 is 5.32 Å². The molecule has 0 aliphatic carbocycles. The molecule has 0 aliphatic rings. The summed E-state index contributed by atoms with van der Waals surface area (Å²) >= 11 is 1.23. The highest BCUT2D eigenvalue weighted by Gasteiger charge is 2.11. The summed E-state index contributed by atoms with van der Waals surface area (Å²) in [7, 11) is -0.932. The van der Waals surface area contributed by atoms with Gasteiger partial charge in [-0.05, 0) is 18.5 Å². The quantitative estimate of drug-likeness (QED) is 0.889. The van der Waals surface area contributed by atoms with E-state index in [4.69, 9.17) is 0 Å². The third kappa shape index (κ3) is 4.95. The molecule has 2 rings (SSSR count). The number of hydrogen-bond donors (Lipinski definition) is 2. The number of nitrogens with one attached hydrogen (secondary N) is 2. The highest BCUT2D eigenvalue weighted by atomic mass is 32.2. The minimum atomic E-state index is -0.932. The van der Waals surface area contributed by atoms with Gasteiger partial charge in [-0.15, -0.1) is 0 Å². The number of hydrogen-bond acceptors (Lipinski definition) is 4. The molecule has 7 heteroatoms. The molecule has 1 heterocycles. The highest BCUT2D eigenvalue weighted by Crippen LogP contribution is 2.24. The van der Waals surface area contributed by atoms with Crippen molar-refractivity contribution in [3.63, 3.8) is 0 Å². The number of urea groups is 1. The first kappa shape index (κ1) is 15.7. The second-order valence-corrected chi connectivity index (χ2v) is 6.97. The number of rotatable bonds is 5. The number of nitrogens with zero attached hydrogens (tertiary/aromatic N) is 1. The second-order valence-electron chi connectivity index (χ2n) is 4.68. The molecule has 0 fully saturated rings. The van der Waals surface area contributed by atoms with E-state index in [1.807, 2.05) is 43.3 Å². The normalized spacial score (nSPS) is 13.4. The Morgan fingerprint density at radius 1 is 1.38 bits per heavy atom. The fourth-order valence-electron chi connectivity index (χ4n) is 1.84. The minimum absolute atomic E-state index is 0.141. The van der Waals surface area contributed by atoms with Gasteiger partial charge in [0.2, 0.25) is 0 Å². The lowest BCUT2D eigenvalue weighted by atomic mass is 10.2. The Morgan fingerprint density at radius 3 is 2.76 bits per heavy atom. The average Bonchev–Trinajstić information content (AvgIpc) is 2.86. The zero-order chi connectivity index (χ0) is 15.2. The summed E-state index contributed by atoms with van der Waals surface area (Å²) < 4.78 is 15.4. The Morgan fingerprint density at radius 2 is 2.10 bits per heavy atom. The van der Waals surface area contributed by atoms with E-state index in [2.05, 4.69) is 15.0 Å². The van der Waals surface area contributed by atoms with Gasteiger partial charge in [-0.25, -0.2) is 4.79 Å². The van der Waals surface area contributed by atoms with Gasteiger partial charge >= 0.3 is 6.03 Å². The highest BCUT2D eigenvalue weighted by molar-refractivity contribution is 7.84. The Bertz CT molecular complexity index is 628. The topological polar surface area (TPSA) is 71.1 Å². The number of carbonyl (C=O) groups excluding carboxylic acids is 1. The summed E-state index contributed by atoms with van der Waals surface area (Å²) in [5.74, 6) is 0.436. The van der Waals surface area contributed by atoms with Crippen LogP contribution in [0.3, 0.4) is 0 Å². The van der Waals surface area contributed by atoms with E-state index >= 15 is 0 Å². The van der Waals surface area contributed by atoms with Crippen molar-refractivity contribution in [1.82, 2.24) is 9.69 Å². The molecule has 0 radical (unpaired) electrons. The van der Waals surface area contributed by atoms with Crippen LogP contribution in [0.4, 0.5) is 9.80 Å². The number of aromatic nitrogens is 1. The van der Waals surface area contributed by atoms with Crippen LogP contribution in [0, 0.1) is 0 Å². The lowest BCUT2D eigenvalue weighted by Gasteiger charge is -2.12. The molecule has 5 nitrogen and oxygen atoms in total. The number of benzene rings is 1. The maximum absolute atomic E-state index is 11.8. The molecule has 0 aliphatic heterocycles. The Kier molecular flexibility index (Phi) is 5.46. The Hall–Kier alpha value is -1.73. The van der Waals surface area contributed by atoms with E-state index in [0.29, 0.717) is 10.8 Å². The van der Waals surface area contributed by atoms with Crippen molar-refractivity contribution in [1.29, 1.82) is 0 Å². The smallest absolute Gasteiger partial charge is 0.320 e. The summed E-state index contributed by atoms with van der Waals surface area (Å²) in [6.07, 6.45) is 1.62. The first-order valence-electron chi connectivity index (χ1n) is 6.44. The van der Waals surface area contributed by atoms with Crippen molar-refractivity contribution in [2.45, 2.75) is 13.0 Å². The van der Waals surface area contributed by atoms with Crippen LogP contribution in [0.2, 0.25) is 0 Å².